The van der Waals surface area contributed by atoms with Crippen LogP contribution in [0.15, 0.2) is 23.1 Å². The van der Waals surface area contributed by atoms with Gasteiger partial charge < -0.3 is 4.98 Å². The van der Waals surface area contributed by atoms with E-state index in [9.17, 15) is 13.2 Å². The van der Waals surface area contributed by atoms with E-state index in [-0.39, 0.29) is 21.8 Å². The monoisotopic (exact) mass is 285 g/mol. The number of aromatic amines is 1. The van der Waals surface area contributed by atoms with E-state index in [1.54, 1.807) is 0 Å². The molecule has 1 nitrogen and oxygen atoms in total. The molecule has 0 aliphatic rings. The topological polar surface area (TPSA) is 15.8 Å². The van der Waals surface area contributed by atoms with E-state index in [0.29, 0.717) is 15.9 Å². The van der Waals surface area contributed by atoms with Crippen LogP contribution in [0.25, 0.3) is 10.9 Å². The van der Waals surface area contributed by atoms with Crippen LogP contribution in [-0.2, 0) is 0 Å². The second-order valence-electron chi connectivity index (χ2n) is 3.01. The van der Waals surface area contributed by atoms with Crippen molar-refractivity contribution in [1.82, 2.24) is 4.98 Å². The maximum atomic E-state index is 12.3. The molecule has 86 valence electrons. The van der Waals surface area contributed by atoms with E-state index in [0.717, 1.165) is 0 Å². The molecule has 0 aliphatic carbocycles. The molecule has 0 atom stereocenters. The number of benzene rings is 1. The number of aromatic nitrogens is 1. The van der Waals surface area contributed by atoms with E-state index < -0.39 is 5.51 Å². The summed E-state index contributed by atoms with van der Waals surface area (Å²) in [5, 5.41) is 0.824. The van der Waals surface area contributed by atoms with Gasteiger partial charge in [0.2, 0.25) is 0 Å². The summed E-state index contributed by atoms with van der Waals surface area (Å²) in [6, 6.07) is 4.56. The van der Waals surface area contributed by atoms with E-state index >= 15 is 0 Å². The smallest absolute Gasteiger partial charge is 0.345 e. The molecule has 0 spiro atoms. The Labute approximate surface area is 103 Å². The average molecular weight is 286 g/mol. The second-order valence-corrected chi connectivity index (χ2v) is 4.90. The van der Waals surface area contributed by atoms with Crippen LogP contribution in [0.5, 0.6) is 0 Å². The molecule has 0 saturated heterocycles. The SMILES string of the molecule is FC(F)(F)Sc1c(Cl)[nH]c2cc(Cl)ccc12. The first kappa shape index (κ1) is 12.0. The third-order valence-electron chi connectivity index (χ3n) is 1.89. The maximum absolute atomic E-state index is 12.3. The molecule has 0 amide bonds. The second kappa shape index (κ2) is 4.05. The van der Waals surface area contributed by atoms with Crippen molar-refractivity contribution in [3.8, 4) is 0 Å². The normalized spacial score (nSPS) is 12.3. The highest BCUT2D eigenvalue weighted by molar-refractivity contribution is 8.00. The summed E-state index contributed by atoms with van der Waals surface area (Å²) in [6.45, 7) is 0. The predicted octanol–water partition coefficient (Wildman–Crippen LogP) is 5.09. The molecule has 7 heteroatoms. The van der Waals surface area contributed by atoms with Crippen molar-refractivity contribution < 1.29 is 13.2 Å². The van der Waals surface area contributed by atoms with Crippen LogP contribution in [0.3, 0.4) is 0 Å². The Morgan fingerprint density at radius 3 is 2.50 bits per heavy atom. The Morgan fingerprint density at radius 2 is 1.88 bits per heavy atom. The first-order valence-electron chi connectivity index (χ1n) is 4.09. The van der Waals surface area contributed by atoms with Gasteiger partial charge in [0.05, 0.1) is 4.90 Å². The van der Waals surface area contributed by atoms with Crippen LogP contribution >= 0.6 is 35.0 Å². The van der Waals surface area contributed by atoms with Gasteiger partial charge >= 0.3 is 5.51 Å². The van der Waals surface area contributed by atoms with Crippen LogP contribution in [0, 0.1) is 0 Å². The Morgan fingerprint density at radius 1 is 1.19 bits per heavy atom. The first-order valence-corrected chi connectivity index (χ1v) is 5.66. The van der Waals surface area contributed by atoms with Crippen molar-refractivity contribution in [1.29, 1.82) is 0 Å². The summed E-state index contributed by atoms with van der Waals surface area (Å²) < 4.78 is 36.8. The van der Waals surface area contributed by atoms with Crippen molar-refractivity contribution in [3.63, 3.8) is 0 Å². The van der Waals surface area contributed by atoms with Gasteiger partial charge in [-0.1, -0.05) is 29.3 Å². The summed E-state index contributed by atoms with van der Waals surface area (Å²) in [6.07, 6.45) is 0. The van der Waals surface area contributed by atoms with Crippen molar-refractivity contribution in [2.24, 2.45) is 0 Å². The van der Waals surface area contributed by atoms with Gasteiger partial charge in [0, 0.05) is 15.9 Å². The van der Waals surface area contributed by atoms with Crippen molar-refractivity contribution >= 4 is 45.9 Å². The lowest BCUT2D eigenvalue weighted by atomic mass is 10.2. The molecule has 0 fully saturated rings. The number of hydrogen-bond donors (Lipinski definition) is 1. The summed E-state index contributed by atoms with van der Waals surface area (Å²) in [7, 11) is 0. The number of fused-ring (bicyclic) bond motifs is 1. The minimum absolute atomic E-state index is 0.0270. The number of rotatable bonds is 1. The summed E-state index contributed by atoms with van der Waals surface area (Å²) >= 11 is 11.2. The third-order valence-corrected chi connectivity index (χ3v) is 3.38. The molecule has 0 saturated carbocycles. The fourth-order valence-corrected chi connectivity index (χ4v) is 2.48. The van der Waals surface area contributed by atoms with E-state index in [2.05, 4.69) is 4.98 Å². The molecule has 1 heterocycles. The molecule has 2 rings (SSSR count). The fourth-order valence-electron chi connectivity index (χ4n) is 1.33. The van der Waals surface area contributed by atoms with Gasteiger partial charge in [-0.15, -0.1) is 0 Å². The largest absolute Gasteiger partial charge is 0.446 e. The number of nitrogens with one attached hydrogen (secondary N) is 1. The van der Waals surface area contributed by atoms with Gasteiger partial charge in [-0.2, -0.15) is 13.2 Å². The molecular formula is C9H4Cl2F3NS. The molecular weight excluding hydrogens is 282 g/mol. The summed E-state index contributed by atoms with van der Waals surface area (Å²) in [5.74, 6) is 0. The van der Waals surface area contributed by atoms with E-state index in [1.165, 1.54) is 18.2 Å². The van der Waals surface area contributed by atoms with Crippen LogP contribution in [0.4, 0.5) is 13.2 Å². The molecule has 0 bridgehead atoms. The molecule has 16 heavy (non-hydrogen) atoms. The van der Waals surface area contributed by atoms with Crippen molar-refractivity contribution in [2.75, 3.05) is 0 Å². The fraction of sp³-hybridized carbons (Fsp3) is 0.111. The zero-order valence-electron chi connectivity index (χ0n) is 7.53. The highest BCUT2D eigenvalue weighted by Gasteiger charge is 2.32. The minimum atomic E-state index is -4.36. The molecule has 1 N–H and O–H groups in total. The Bertz CT molecular complexity index is 535. The summed E-state index contributed by atoms with van der Waals surface area (Å²) in [4.78, 5) is 2.62. The lowest BCUT2D eigenvalue weighted by Gasteiger charge is -2.04. The number of H-pyrrole nitrogens is 1. The van der Waals surface area contributed by atoms with Gasteiger partial charge in [-0.25, -0.2) is 0 Å². The van der Waals surface area contributed by atoms with Gasteiger partial charge in [0.25, 0.3) is 0 Å². The summed E-state index contributed by atoms with van der Waals surface area (Å²) in [5.41, 5.74) is -3.87. The highest BCUT2D eigenvalue weighted by Crippen LogP contribution is 2.44. The predicted molar refractivity (Wildman–Crippen MR) is 60.2 cm³/mol. The van der Waals surface area contributed by atoms with Crippen molar-refractivity contribution in [3.05, 3.63) is 28.4 Å². The zero-order valence-corrected chi connectivity index (χ0v) is 9.86. The van der Waals surface area contributed by atoms with Crippen LogP contribution in [0.1, 0.15) is 0 Å². The molecule has 0 unspecified atom stereocenters. The van der Waals surface area contributed by atoms with Gasteiger partial charge in [-0.3, -0.25) is 0 Å². The Kier molecular flexibility index (Phi) is 3.03. The molecule has 1 aromatic carbocycles. The third kappa shape index (κ3) is 2.42. The lowest BCUT2D eigenvalue weighted by Crippen LogP contribution is -1.98. The first-order chi connectivity index (χ1) is 7.37. The Balaban J connectivity index is 2.56. The van der Waals surface area contributed by atoms with Crippen LogP contribution in [-0.4, -0.2) is 10.5 Å². The number of thioether (sulfide) groups is 1. The number of hydrogen-bond acceptors (Lipinski definition) is 1. The molecule has 0 radical (unpaired) electrons. The van der Waals surface area contributed by atoms with Gasteiger partial charge in [-0.05, 0) is 23.9 Å². The quantitative estimate of drug-likeness (QED) is 0.722. The minimum Gasteiger partial charge on any atom is -0.345 e. The Hall–Kier alpha value is -0.520. The maximum Gasteiger partial charge on any atom is 0.446 e. The van der Waals surface area contributed by atoms with Crippen LogP contribution in [0.2, 0.25) is 10.2 Å². The molecule has 1 aromatic heterocycles. The van der Waals surface area contributed by atoms with Crippen molar-refractivity contribution in [2.45, 2.75) is 10.4 Å². The molecule has 2 aromatic rings. The lowest BCUT2D eigenvalue weighted by molar-refractivity contribution is -0.0327. The van der Waals surface area contributed by atoms with E-state index in [4.69, 9.17) is 23.2 Å². The standard InChI is InChI=1S/C9H4Cl2F3NS/c10-4-1-2-5-6(3-4)15-8(11)7(5)16-9(12,13)14/h1-3,15H. The van der Waals surface area contributed by atoms with Gasteiger partial charge in [0.1, 0.15) is 5.15 Å². The number of alkyl halides is 3. The molecule has 0 aliphatic heterocycles. The zero-order chi connectivity index (χ0) is 11.9. The van der Waals surface area contributed by atoms with Gasteiger partial charge in [0.15, 0.2) is 0 Å². The van der Waals surface area contributed by atoms with E-state index in [1.807, 2.05) is 0 Å². The highest BCUT2D eigenvalue weighted by atomic mass is 35.5. The number of halogens is 5. The average Bonchev–Trinajstić information content (AvgIpc) is 2.40. The van der Waals surface area contributed by atoms with Crippen LogP contribution < -0.4 is 0 Å².